The summed E-state index contributed by atoms with van der Waals surface area (Å²) in [6, 6.07) is 12.5. The van der Waals surface area contributed by atoms with E-state index < -0.39 is 0 Å². The standard InChI is InChI=1S/C18H21N3O/c1-14-10-19-8-7-16(14)11-21-12-17(20-18(22)13-21)9-15-5-3-2-4-6-15/h2-8,10,17H,9,11-13H2,1H3,(H,20,22)/t17-/m0/s1. The lowest BCUT2D eigenvalue weighted by molar-refractivity contribution is -0.125. The van der Waals surface area contributed by atoms with E-state index in [9.17, 15) is 4.79 Å². The second-order valence-electron chi connectivity index (χ2n) is 5.93. The lowest BCUT2D eigenvalue weighted by Gasteiger charge is -2.33. The lowest BCUT2D eigenvalue weighted by Crippen LogP contribution is -2.54. The molecular weight excluding hydrogens is 274 g/mol. The molecule has 1 aromatic carbocycles. The Morgan fingerprint density at radius 2 is 2.09 bits per heavy atom. The van der Waals surface area contributed by atoms with Gasteiger partial charge in [0, 0.05) is 31.5 Å². The molecule has 0 unspecified atom stereocenters. The highest BCUT2D eigenvalue weighted by atomic mass is 16.2. The molecule has 1 atom stereocenters. The fourth-order valence-electron chi connectivity index (χ4n) is 2.95. The van der Waals surface area contributed by atoms with Gasteiger partial charge in [0.25, 0.3) is 0 Å². The minimum atomic E-state index is 0.110. The first-order chi connectivity index (χ1) is 10.7. The highest BCUT2D eigenvalue weighted by molar-refractivity contribution is 5.79. The molecule has 3 rings (SSSR count). The van der Waals surface area contributed by atoms with E-state index in [0.29, 0.717) is 6.54 Å². The molecule has 2 aromatic rings. The van der Waals surface area contributed by atoms with Gasteiger partial charge < -0.3 is 5.32 Å². The number of aromatic nitrogens is 1. The number of piperazine rings is 1. The van der Waals surface area contributed by atoms with Crippen LogP contribution in [-0.2, 0) is 17.8 Å². The third kappa shape index (κ3) is 3.71. The average molecular weight is 295 g/mol. The van der Waals surface area contributed by atoms with Crippen LogP contribution in [0.2, 0.25) is 0 Å². The number of hydrogen-bond donors (Lipinski definition) is 1. The minimum Gasteiger partial charge on any atom is -0.351 e. The summed E-state index contributed by atoms with van der Waals surface area (Å²) < 4.78 is 0. The van der Waals surface area contributed by atoms with Crippen LogP contribution in [0.15, 0.2) is 48.8 Å². The summed E-state index contributed by atoms with van der Waals surface area (Å²) in [6.45, 7) is 4.20. The van der Waals surface area contributed by atoms with Crippen molar-refractivity contribution in [2.75, 3.05) is 13.1 Å². The van der Waals surface area contributed by atoms with E-state index in [-0.39, 0.29) is 11.9 Å². The molecule has 1 N–H and O–H groups in total. The van der Waals surface area contributed by atoms with Crippen molar-refractivity contribution >= 4 is 5.91 Å². The molecule has 1 amide bonds. The number of carbonyl (C=O) groups excluding carboxylic acids is 1. The number of carbonyl (C=O) groups is 1. The molecule has 4 nitrogen and oxygen atoms in total. The number of amides is 1. The van der Waals surface area contributed by atoms with Crippen LogP contribution in [0.25, 0.3) is 0 Å². The number of nitrogens with zero attached hydrogens (tertiary/aromatic N) is 2. The van der Waals surface area contributed by atoms with Crippen molar-refractivity contribution in [1.82, 2.24) is 15.2 Å². The largest absolute Gasteiger partial charge is 0.351 e. The first-order valence-corrected chi connectivity index (χ1v) is 7.66. The summed E-state index contributed by atoms with van der Waals surface area (Å²) in [6.07, 6.45) is 4.56. The van der Waals surface area contributed by atoms with Gasteiger partial charge >= 0.3 is 0 Å². The second-order valence-corrected chi connectivity index (χ2v) is 5.93. The van der Waals surface area contributed by atoms with E-state index >= 15 is 0 Å². The zero-order valence-corrected chi connectivity index (χ0v) is 12.8. The van der Waals surface area contributed by atoms with Crippen molar-refractivity contribution in [3.05, 3.63) is 65.5 Å². The molecule has 0 aliphatic carbocycles. The molecule has 1 fully saturated rings. The Morgan fingerprint density at radius 3 is 2.86 bits per heavy atom. The monoisotopic (exact) mass is 295 g/mol. The first-order valence-electron chi connectivity index (χ1n) is 7.66. The fraction of sp³-hybridized carbons (Fsp3) is 0.333. The molecule has 0 saturated carbocycles. The molecule has 4 heteroatoms. The van der Waals surface area contributed by atoms with Gasteiger partial charge in [-0.2, -0.15) is 0 Å². The van der Waals surface area contributed by atoms with E-state index in [2.05, 4.69) is 34.3 Å². The molecule has 22 heavy (non-hydrogen) atoms. The van der Waals surface area contributed by atoms with Crippen LogP contribution in [0.4, 0.5) is 0 Å². The zero-order chi connectivity index (χ0) is 15.4. The molecule has 1 aromatic heterocycles. The topological polar surface area (TPSA) is 45.2 Å². The third-order valence-corrected chi connectivity index (χ3v) is 4.07. The molecule has 0 bridgehead atoms. The maximum atomic E-state index is 12.0. The number of hydrogen-bond acceptors (Lipinski definition) is 3. The van der Waals surface area contributed by atoms with E-state index in [1.807, 2.05) is 36.7 Å². The van der Waals surface area contributed by atoms with E-state index in [0.717, 1.165) is 19.5 Å². The van der Waals surface area contributed by atoms with Crippen molar-refractivity contribution in [3.8, 4) is 0 Å². The quantitative estimate of drug-likeness (QED) is 0.937. The van der Waals surface area contributed by atoms with Crippen LogP contribution < -0.4 is 5.32 Å². The highest BCUT2D eigenvalue weighted by Crippen LogP contribution is 2.13. The molecule has 2 heterocycles. The smallest absolute Gasteiger partial charge is 0.234 e. The fourth-order valence-corrected chi connectivity index (χ4v) is 2.95. The molecule has 1 saturated heterocycles. The Kier molecular flexibility index (Phi) is 4.49. The maximum absolute atomic E-state index is 12.0. The van der Waals surface area contributed by atoms with E-state index in [1.54, 1.807) is 0 Å². The molecular formula is C18H21N3O. The predicted octanol–water partition coefficient (Wildman–Crippen LogP) is 1.93. The highest BCUT2D eigenvalue weighted by Gasteiger charge is 2.24. The minimum absolute atomic E-state index is 0.110. The van der Waals surface area contributed by atoms with Gasteiger partial charge in [-0.3, -0.25) is 14.7 Å². The van der Waals surface area contributed by atoms with Crippen LogP contribution in [0, 0.1) is 6.92 Å². The van der Waals surface area contributed by atoms with Gasteiger partial charge in [-0.25, -0.2) is 0 Å². The van der Waals surface area contributed by atoms with Crippen molar-refractivity contribution in [2.24, 2.45) is 0 Å². The summed E-state index contributed by atoms with van der Waals surface area (Å²) in [5.41, 5.74) is 3.67. The van der Waals surface area contributed by atoms with Gasteiger partial charge in [0.2, 0.25) is 5.91 Å². The SMILES string of the molecule is Cc1cnccc1CN1CC(=O)N[C@@H](Cc2ccccc2)C1. The van der Waals surface area contributed by atoms with Crippen molar-refractivity contribution in [2.45, 2.75) is 25.9 Å². The normalized spacial score (nSPS) is 19.0. The van der Waals surface area contributed by atoms with Gasteiger partial charge in [0.05, 0.1) is 6.54 Å². The Labute approximate surface area is 131 Å². The molecule has 1 aliphatic heterocycles. The number of aryl methyl sites for hydroxylation is 1. The predicted molar refractivity (Wildman–Crippen MR) is 86.3 cm³/mol. The Bertz CT molecular complexity index is 642. The summed E-state index contributed by atoms with van der Waals surface area (Å²) in [5.74, 6) is 0.110. The van der Waals surface area contributed by atoms with Crippen LogP contribution in [0.3, 0.4) is 0 Å². The van der Waals surface area contributed by atoms with Crippen LogP contribution in [-0.4, -0.2) is 34.9 Å². The molecule has 0 radical (unpaired) electrons. The number of pyridine rings is 1. The van der Waals surface area contributed by atoms with Crippen molar-refractivity contribution in [3.63, 3.8) is 0 Å². The second kappa shape index (κ2) is 6.71. The van der Waals surface area contributed by atoms with E-state index in [1.165, 1.54) is 16.7 Å². The summed E-state index contributed by atoms with van der Waals surface area (Å²) in [7, 11) is 0. The lowest BCUT2D eigenvalue weighted by atomic mass is 10.0. The number of rotatable bonds is 4. The van der Waals surface area contributed by atoms with Crippen molar-refractivity contribution < 1.29 is 4.79 Å². The van der Waals surface area contributed by atoms with Gasteiger partial charge in [-0.05, 0) is 36.1 Å². The van der Waals surface area contributed by atoms with Crippen LogP contribution in [0.5, 0.6) is 0 Å². The summed E-state index contributed by atoms with van der Waals surface area (Å²) in [4.78, 5) is 18.3. The Morgan fingerprint density at radius 1 is 1.27 bits per heavy atom. The Hall–Kier alpha value is -2.20. The first kappa shape index (κ1) is 14.7. The van der Waals surface area contributed by atoms with Gasteiger partial charge in [0.15, 0.2) is 0 Å². The summed E-state index contributed by atoms with van der Waals surface area (Å²) >= 11 is 0. The van der Waals surface area contributed by atoms with Gasteiger partial charge in [-0.15, -0.1) is 0 Å². The van der Waals surface area contributed by atoms with Gasteiger partial charge in [-0.1, -0.05) is 30.3 Å². The third-order valence-electron chi connectivity index (χ3n) is 4.07. The van der Waals surface area contributed by atoms with Gasteiger partial charge in [0.1, 0.15) is 0 Å². The molecule has 0 spiro atoms. The maximum Gasteiger partial charge on any atom is 0.234 e. The van der Waals surface area contributed by atoms with E-state index in [4.69, 9.17) is 0 Å². The van der Waals surface area contributed by atoms with Crippen LogP contribution in [0.1, 0.15) is 16.7 Å². The van der Waals surface area contributed by atoms with Crippen LogP contribution >= 0.6 is 0 Å². The molecule has 1 aliphatic rings. The number of benzene rings is 1. The zero-order valence-electron chi connectivity index (χ0n) is 12.8. The summed E-state index contributed by atoms with van der Waals surface area (Å²) in [5, 5.41) is 3.10. The Balaban J connectivity index is 1.66. The molecule has 114 valence electrons. The average Bonchev–Trinajstić information content (AvgIpc) is 2.50. The van der Waals surface area contributed by atoms with Crippen molar-refractivity contribution in [1.29, 1.82) is 0 Å². The number of nitrogens with one attached hydrogen (secondary N) is 1.